The Morgan fingerprint density at radius 1 is 1.35 bits per heavy atom. The molecule has 2 heterocycles. The van der Waals surface area contributed by atoms with Crippen LogP contribution in [-0.2, 0) is 6.42 Å². The summed E-state index contributed by atoms with van der Waals surface area (Å²) in [6, 6.07) is 1.60. The van der Waals surface area contributed by atoms with E-state index in [1.54, 1.807) is 24.7 Å². The van der Waals surface area contributed by atoms with Gasteiger partial charge >= 0.3 is 0 Å². The van der Waals surface area contributed by atoms with E-state index in [-0.39, 0.29) is 6.04 Å². The highest BCUT2D eigenvalue weighted by atomic mass is 15.2. The van der Waals surface area contributed by atoms with E-state index in [2.05, 4.69) is 20.6 Å². The topological polar surface area (TPSA) is 132 Å². The van der Waals surface area contributed by atoms with Gasteiger partial charge in [-0.25, -0.2) is 0 Å². The number of aromatic nitrogens is 3. The normalized spacial score (nSPS) is 12.5. The standard InChI is InChI=1S/C10H15N7/c11-8-1-2-14-4-6(8)3-9(16-13)7-5-15-17-10(7)12/h1-2,4-5,9,16H,3,13H2,(H2,11,14)(H3,12,15,17). The molecule has 0 fully saturated rings. The Labute approximate surface area is 98.4 Å². The zero-order chi connectivity index (χ0) is 12.3. The lowest BCUT2D eigenvalue weighted by Gasteiger charge is -2.15. The number of nitrogens with two attached hydrogens (primary N) is 3. The quantitative estimate of drug-likeness (QED) is 0.364. The number of hydrazine groups is 1. The zero-order valence-electron chi connectivity index (χ0n) is 9.22. The molecule has 0 saturated heterocycles. The number of nitrogens with zero attached hydrogens (tertiary/aromatic N) is 2. The maximum Gasteiger partial charge on any atom is 0.123 e. The van der Waals surface area contributed by atoms with E-state index in [1.165, 1.54) is 0 Å². The second kappa shape index (κ2) is 4.81. The van der Waals surface area contributed by atoms with Crippen LogP contribution in [0.3, 0.4) is 0 Å². The van der Waals surface area contributed by atoms with Crippen molar-refractivity contribution in [3.63, 3.8) is 0 Å². The fourth-order valence-electron chi connectivity index (χ4n) is 1.67. The van der Waals surface area contributed by atoms with Crippen molar-refractivity contribution in [2.75, 3.05) is 11.5 Å². The van der Waals surface area contributed by atoms with Crippen LogP contribution in [0, 0.1) is 0 Å². The highest BCUT2D eigenvalue weighted by Gasteiger charge is 2.16. The first kappa shape index (κ1) is 11.4. The number of nitrogens with one attached hydrogen (secondary N) is 2. The number of hydrogen-bond acceptors (Lipinski definition) is 6. The van der Waals surface area contributed by atoms with Crippen LogP contribution in [0.25, 0.3) is 0 Å². The molecule has 2 aromatic heterocycles. The van der Waals surface area contributed by atoms with Crippen molar-refractivity contribution >= 4 is 11.5 Å². The number of rotatable bonds is 4. The van der Waals surface area contributed by atoms with Gasteiger partial charge in [0.05, 0.1) is 12.2 Å². The first-order valence-electron chi connectivity index (χ1n) is 5.15. The van der Waals surface area contributed by atoms with Crippen LogP contribution in [0.5, 0.6) is 0 Å². The molecule has 0 bridgehead atoms. The molecule has 2 rings (SSSR count). The summed E-state index contributed by atoms with van der Waals surface area (Å²) in [6.45, 7) is 0. The molecule has 7 nitrogen and oxygen atoms in total. The van der Waals surface area contributed by atoms with E-state index in [0.29, 0.717) is 17.9 Å². The summed E-state index contributed by atoms with van der Waals surface area (Å²) in [6.07, 6.45) is 5.61. The Bertz CT molecular complexity index is 493. The van der Waals surface area contributed by atoms with Crippen LogP contribution in [0.15, 0.2) is 24.7 Å². The fraction of sp³-hybridized carbons (Fsp3) is 0.200. The second-order valence-electron chi connectivity index (χ2n) is 3.74. The van der Waals surface area contributed by atoms with Gasteiger partial charge in [0, 0.05) is 23.6 Å². The minimum absolute atomic E-state index is 0.153. The fourth-order valence-corrected chi connectivity index (χ4v) is 1.67. The van der Waals surface area contributed by atoms with Gasteiger partial charge in [0.1, 0.15) is 5.82 Å². The van der Waals surface area contributed by atoms with E-state index in [1.807, 2.05) is 0 Å². The zero-order valence-corrected chi connectivity index (χ0v) is 9.22. The molecular weight excluding hydrogens is 218 g/mol. The average Bonchev–Trinajstić information content (AvgIpc) is 2.75. The SMILES string of the molecule is NNC(Cc1cnccc1N)c1cn[nH]c1N. The van der Waals surface area contributed by atoms with E-state index >= 15 is 0 Å². The van der Waals surface area contributed by atoms with Crippen LogP contribution >= 0.6 is 0 Å². The average molecular weight is 233 g/mol. The Morgan fingerprint density at radius 3 is 2.76 bits per heavy atom. The Hall–Kier alpha value is -2.12. The van der Waals surface area contributed by atoms with Crippen molar-refractivity contribution in [3.05, 3.63) is 35.8 Å². The molecule has 7 heteroatoms. The summed E-state index contributed by atoms with van der Waals surface area (Å²) in [7, 11) is 0. The predicted molar refractivity (Wildman–Crippen MR) is 65.4 cm³/mol. The van der Waals surface area contributed by atoms with E-state index < -0.39 is 0 Å². The van der Waals surface area contributed by atoms with Crippen molar-refractivity contribution in [2.45, 2.75) is 12.5 Å². The lowest BCUT2D eigenvalue weighted by atomic mass is 10.0. The van der Waals surface area contributed by atoms with Gasteiger partial charge in [-0.05, 0) is 18.1 Å². The number of pyridine rings is 1. The van der Waals surface area contributed by atoms with Gasteiger partial charge in [0.15, 0.2) is 0 Å². The molecule has 1 atom stereocenters. The Balaban J connectivity index is 2.22. The van der Waals surface area contributed by atoms with Gasteiger partial charge in [-0.2, -0.15) is 5.10 Å². The van der Waals surface area contributed by atoms with Crippen molar-refractivity contribution in [1.29, 1.82) is 0 Å². The monoisotopic (exact) mass is 233 g/mol. The lowest BCUT2D eigenvalue weighted by Crippen LogP contribution is -2.30. The summed E-state index contributed by atoms with van der Waals surface area (Å²) in [5, 5.41) is 6.53. The maximum absolute atomic E-state index is 5.85. The number of hydrogen-bond donors (Lipinski definition) is 5. The van der Waals surface area contributed by atoms with Crippen LogP contribution in [0.2, 0.25) is 0 Å². The Kier molecular flexibility index (Phi) is 3.22. The van der Waals surface area contributed by atoms with Crippen LogP contribution < -0.4 is 22.7 Å². The molecule has 0 amide bonds. The third kappa shape index (κ3) is 2.35. The van der Waals surface area contributed by atoms with Crippen molar-refractivity contribution < 1.29 is 0 Å². The second-order valence-corrected chi connectivity index (χ2v) is 3.74. The molecule has 0 spiro atoms. The number of nitrogen functional groups attached to an aromatic ring is 2. The maximum atomic E-state index is 5.85. The van der Waals surface area contributed by atoms with Gasteiger partial charge in [0.2, 0.25) is 0 Å². The van der Waals surface area contributed by atoms with Gasteiger partial charge in [-0.1, -0.05) is 0 Å². The first-order chi connectivity index (χ1) is 8.22. The number of aromatic amines is 1. The van der Waals surface area contributed by atoms with E-state index in [0.717, 1.165) is 11.1 Å². The summed E-state index contributed by atoms with van der Waals surface area (Å²) >= 11 is 0. The third-order valence-electron chi connectivity index (χ3n) is 2.64. The highest BCUT2D eigenvalue weighted by molar-refractivity contribution is 5.46. The summed E-state index contributed by atoms with van der Waals surface area (Å²) in [5.41, 5.74) is 16.7. The largest absolute Gasteiger partial charge is 0.398 e. The molecule has 17 heavy (non-hydrogen) atoms. The molecule has 90 valence electrons. The number of H-pyrrole nitrogens is 1. The van der Waals surface area contributed by atoms with Crippen molar-refractivity contribution in [2.24, 2.45) is 5.84 Å². The smallest absolute Gasteiger partial charge is 0.123 e. The molecule has 0 radical (unpaired) electrons. The van der Waals surface area contributed by atoms with Crippen molar-refractivity contribution in [3.8, 4) is 0 Å². The van der Waals surface area contributed by atoms with Crippen molar-refractivity contribution in [1.82, 2.24) is 20.6 Å². The van der Waals surface area contributed by atoms with Gasteiger partial charge in [0.25, 0.3) is 0 Å². The molecule has 2 aromatic rings. The minimum atomic E-state index is -0.153. The van der Waals surface area contributed by atoms with E-state index in [4.69, 9.17) is 17.3 Å². The highest BCUT2D eigenvalue weighted by Crippen LogP contribution is 2.23. The molecular formula is C10H15N7. The van der Waals surface area contributed by atoms with Crippen LogP contribution in [-0.4, -0.2) is 15.2 Å². The summed E-state index contributed by atoms with van der Waals surface area (Å²) < 4.78 is 0. The molecule has 0 aromatic carbocycles. The molecule has 8 N–H and O–H groups in total. The summed E-state index contributed by atoms with van der Waals surface area (Å²) in [5.74, 6) is 6.02. The molecule has 0 saturated carbocycles. The van der Waals surface area contributed by atoms with Gasteiger partial charge < -0.3 is 11.5 Å². The lowest BCUT2D eigenvalue weighted by molar-refractivity contribution is 0.553. The molecule has 0 aliphatic carbocycles. The summed E-state index contributed by atoms with van der Waals surface area (Å²) in [4.78, 5) is 4.03. The third-order valence-corrected chi connectivity index (χ3v) is 2.64. The van der Waals surface area contributed by atoms with Gasteiger partial charge in [-0.3, -0.25) is 21.4 Å². The minimum Gasteiger partial charge on any atom is -0.398 e. The van der Waals surface area contributed by atoms with Crippen LogP contribution in [0.1, 0.15) is 17.2 Å². The Morgan fingerprint density at radius 2 is 2.18 bits per heavy atom. The number of anilines is 2. The first-order valence-corrected chi connectivity index (χ1v) is 5.15. The predicted octanol–water partition coefficient (Wildman–Crippen LogP) is -0.284. The molecule has 0 aliphatic rings. The molecule has 0 aliphatic heterocycles. The van der Waals surface area contributed by atoms with E-state index in [9.17, 15) is 0 Å². The van der Waals surface area contributed by atoms with Gasteiger partial charge in [-0.15, -0.1) is 0 Å². The van der Waals surface area contributed by atoms with Crippen LogP contribution in [0.4, 0.5) is 11.5 Å². The molecule has 1 unspecified atom stereocenters.